The first kappa shape index (κ1) is 17.4. The molecule has 2 aromatic carbocycles. The second-order valence-corrected chi connectivity index (χ2v) is 7.08. The van der Waals surface area contributed by atoms with E-state index in [9.17, 15) is 9.59 Å². The van der Waals surface area contributed by atoms with Crippen LogP contribution in [0.3, 0.4) is 0 Å². The van der Waals surface area contributed by atoms with E-state index in [2.05, 4.69) is 39.2 Å². The van der Waals surface area contributed by atoms with Crippen LogP contribution in [0, 0.1) is 13.8 Å². The van der Waals surface area contributed by atoms with Crippen molar-refractivity contribution in [3.63, 3.8) is 0 Å². The van der Waals surface area contributed by atoms with Gasteiger partial charge in [0.25, 0.3) is 11.5 Å². The Morgan fingerprint density at radius 3 is 2.48 bits per heavy atom. The van der Waals surface area contributed by atoms with Crippen molar-refractivity contribution in [3.05, 3.63) is 79.5 Å². The number of pyridine rings is 1. The number of nitrogens with one attached hydrogen (secondary N) is 2. The molecule has 0 saturated heterocycles. The van der Waals surface area contributed by atoms with Crippen LogP contribution < -0.4 is 10.9 Å². The molecule has 4 nitrogen and oxygen atoms in total. The lowest BCUT2D eigenvalue weighted by atomic mass is 10.0. The lowest BCUT2D eigenvalue weighted by molar-refractivity contribution is 0.0954. The Kier molecular flexibility index (Phi) is 5.04. The number of carbonyl (C=O) groups excluding carboxylic acids is 1. The van der Waals surface area contributed by atoms with E-state index in [0.717, 1.165) is 20.9 Å². The number of aromatic amines is 1. The van der Waals surface area contributed by atoms with Crippen molar-refractivity contribution in [1.82, 2.24) is 10.3 Å². The number of halogens is 1. The third-order valence-electron chi connectivity index (χ3n) is 4.32. The summed E-state index contributed by atoms with van der Waals surface area (Å²) in [5.41, 5.74) is 4.35. The summed E-state index contributed by atoms with van der Waals surface area (Å²) < 4.78 is 0.928. The van der Waals surface area contributed by atoms with Crippen molar-refractivity contribution in [2.75, 3.05) is 6.54 Å². The van der Waals surface area contributed by atoms with Gasteiger partial charge in [-0.2, -0.15) is 0 Å². The standard InChI is InChI=1S/C20H19BrN2O2/c1-12-9-16-11-15(20(25)23-18(16)10-13(12)2)7-8-22-19(24)14-3-5-17(21)6-4-14/h3-6,9-11H,7-8H2,1-2H3,(H,22,24)(H,23,25). The van der Waals surface area contributed by atoms with Gasteiger partial charge in [0, 0.05) is 27.7 Å². The maximum absolute atomic E-state index is 12.2. The lowest BCUT2D eigenvalue weighted by Crippen LogP contribution is -2.27. The fourth-order valence-electron chi connectivity index (χ4n) is 2.72. The molecule has 5 heteroatoms. The van der Waals surface area contributed by atoms with Crippen LogP contribution in [0.5, 0.6) is 0 Å². The first-order chi connectivity index (χ1) is 11.9. The molecule has 3 rings (SSSR count). The molecule has 1 aromatic heterocycles. The molecule has 0 radical (unpaired) electrons. The van der Waals surface area contributed by atoms with Crippen LogP contribution in [-0.2, 0) is 6.42 Å². The highest BCUT2D eigenvalue weighted by Crippen LogP contribution is 2.17. The van der Waals surface area contributed by atoms with Gasteiger partial charge >= 0.3 is 0 Å². The van der Waals surface area contributed by atoms with Crippen molar-refractivity contribution >= 4 is 32.7 Å². The maximum Gasteiger partial charge on any atom is 0.251 e. The number of H-pyrrole nitrogens is 1. The molecule has 0 spiro atoms. The van der Waals surface area contributed by atoms with E-state index in [1.54, 1.807) is 12.1 Å². The van der Waals surface area contributed by atoms with Crippen LogP contribution in [0.15, 0.2) is 51.7 Å². The summed E-state index contributed by atoms with van der Waals surface area (Å²) in [5, 5.41) is 3.87. The van der Waals surface area contributed by atoms with Gasteiger partial charge in [-0.05, 0) is 79.2 Å². The minimum Gasteiger partial charge on any atom is -0.352 e. The van der Waals surface area contributed by atoms with Crippen molar-refractivity contribution in [3.8, 4) is 0 Å². The molecule has 0 bridgehead atoms. The molecule has 25 heavy (non-hydrogen) atoms. The van der Waals surface area contributed by atoms with Gasteiger partial charge in [0.15, 0.2) is 0 Å². The first-order valence-electron chi connectivity index (χ1n) is 8.11. The van der Waals surface area contributed by atoms with E-state index in [1.165, 1.54) is 5.56 Å². The zero-order chi connectivity index (χ0) is 18.0. The quantitative estimate of drug-likeness (QED) is 0.700. The highest BCUT2D eigenvalue weighted by molar-refractivity contribution is 9.10. The maximum atomic E-state index is 12.2. The summed E-state index contributed by atoms with van der Waals surface area (Å²) in [6.45, 7) is 4.49. The van der Waals surface area contributed by atoms with Crippen LogP contribution in [0.2, 0.25) is 0 Å². The van der Waals surface area contributed by atoms with E-state index in [4.69, 9.17) is 0 Å². The predicted octanol–water partition coefficient (Wildman–Crippen LogP) is 3.88. The normalized spacial score (nSPS) is 10.8. The Hall–Kier alpha value is -2.40. The average Bonchev–Trinajstić information content (AvgIpc) is 2.57. The van der Waals surface area contributed by atoms with Crippen LogP contribution in [-0.4, -0.2) is 17.4 Å². The molecule has 0 aliphatic rings. The zero-order valence-corrected chi connectivity index (χ0v) is 15.7. The molecule has 0 fully saturated rings. The van der Waals surface area contributed by atoms with Crippen LogP contribution in [0.25, 0.3) is 10.9 Å². The Morgan fingerprint density at radius 1 is 1.08 bits per heavy atom. The number of hydrogen-bond donors (Lipinski definition) is 2. The number of fused-ring (bicyclic) bond motifs is 1. The summed E-state index contributed by atoms with van der Waals surface area (Å²) in [6.07, 6.45) is 0.487. The van der Waals surface area contributed by atoms with Gasteiger partial charge < -0.3 is 10.3 Å². The van der Waals surface area contributed by atoms with E-state index >= 15 is 0 Å². The molecule has 2 N–H and O–H groups in total. The summed E-state index contributed by atoms with van der Waals surface area (Å²) in [4.78, 5) is 27.3. The number of aryl methyl sites for hydroxylation is 2. The van der Waals surface area contributed by atoms with E-state index in [-0.39, 0.29) is 11.5 Å². The fraction of sp³-hybridized carbons (Fsp3) is 0.200. The predicted molar refractivity (Wildman–Crippen MR) is 104 cm³/mol. The number of rotatable bonds is 4. The number of carbonyl (C=O) groups is 1. The largest absolute Gasteiger partial charge is 0.352 e. The Bertz CT molecular complexity index is 991. The average molecular weight is 399 g/mol. The van der Waals surface area contributed by atoms with E-state index in [1.807, 2.05) is 31.2 Å². The van der Waals surface area contributed by atoms with Crippen molar-refractivity contribution in [1.29, 1.82) is 0 Å². The van der Waals surface area contributed by atoms with Gasteiger partial charge in [-0.15, -0.1) is 0 Å². The Labute approximate surface area is 154 Å². The summed E-state index contributed by atoms with van der Waals surface area (Å²) >= 11 is 3.35. The van der Waals surface area contributed by atoms with Crippen molar-refractivity contribution < 1.29 is 4.79 Å². The molecule has 0 atom stereocenters. The van der Waals surface area contributed by atoms with Crippen molar-refractivity contribution in [2.45, 2.75) is 20.3 Å². The van der Waals surface area contributed by atoms with E-state index in [0.29, 0.717) is 24.1 Å². The third-order valence-corrected chi connectivity index (χ3v) is 4.85. The number of hydrogen-bond acceptors (Lipinski definition) is 2. The number of amides is 1. The van der Waals surface area contributed by atoms with Crippen LogP contribution in [0.1, 0.15) is 27.0 Å². The van der Waals surface area contributed by atoms with Gasteiger partial charge in [0.2, 0.25) is 0 Å². The molecule has 0 aliphatic carbocycles. The number of benzene rings is 2. The molecule has 128 valence electrons. The Balaban J connectivity index is 1.71. The topological polar surface area (TPSA) is 62.0 Å². The van der Waals surface area contributed by atoms with Crippen molar-refractivity contribution in [2.24, 2.45) is 0 Å². The van der Waals surface area contributed by atoms with Crippen LogP contribution >= 0.6 is 15.9 Å². The molecule has 0 aliphatic heterocycles. The second kappa shape index (κ2) is 7.23. The Morgan fingerprint density at radius 2 is 1.76 bits per heavy atom. The van der Waals surface area contributed by atoms with E-state index < -0.39 is 0 Å². The molecule has 1 heterocycles. The minimum atomic E-state index is -0.142. The third kappa shape index (κ3) is 3.99. The first-order valence-corrected chi connectivity index (χ1v) is 8.90. The van der Waals surface area contributed by atoms with Crippen LogP contribution in [0.4, 0.5) is 0 Å². The molecular formula is C20H19BrN2O2. The summed E-state index contributed by atoms with van der Waals surface area (Å²) in [5.74, 6) is -0.142. The molecular weight excluding hydrogens is 380 g/mol. The highest BCUT2D eigenvalue weighted by atomic mass is 79.9. The molecule has 0 saturated carbocycles. The van der Waals surface area contributed by atoms with Gasteiger partial charge in [-0.3, -0.25) is 9.59 Å². The lowest BCUT2D eigenvalue weighted by Gasteiger charge is -2.08. The second-order valence-electron chi connectivity index (χ2n) is 6.16. The highest BCUT2D eigenvalue weighted by Gasteiger charge is 2.07. The van der Waals surface area contributed by atoms with Gasteiger partial charge in [-0.1, -0.05) is 15.9 Å². The molecule has 0 unspecified atom stereocenters. The summed E-state index contributed by atoms with van der Waals surface area (Å²) in [6, 6.07) is 13.1. The minimum absolute atomic E-state index is 0.103. The monoisotopic (exact) mass is 398 g/mol. The SMILES string of the molecule is Cc1cc2cc(CCNC(=O)c3ccc(Br)cc3)c(=O)[nH]c2cc1C. The summed E-state index contributed by atoms with van der Waals surface area (Å²) in [7, 11) is 0. The van der Waals surface area contributed by atoms with Gasteiger partial charge in [0.05, 0.1) is 0 Å². The van der Waals surface area contributed by atoms with Gasteiger partial charge in [-0.25, -0.2) is 0 Å². The molecule has 1 amide bonds. The van der Waals surface area contributed by atoms with Gasteiger partial charge in [0.1, 0.15) is 0 Å². The number of aromatic nitrogens is 1. The molecule has 3 aromatic rings. The fourth-order valence-corrected chi connectivity index (χ4v) is 2.99. The zero-order valence-electron chi connectivity index (χ0n) is 14.2. The smallest absolute Gasteiger partial charge is 0.251 e.